The molecule has 120 valence electrons. The molecule has 1 aromatic rings. The van der Waals surface area contributed by atoms with Crippen LogP contribution in [-0.4, -0.2) is 33.9 Å². The highest BCUT2D eigenvalue weighted by Crippen LogP contribution is 2.29. The van der Waals surface area contributed by atoms with Gasteiger partial charge in [0.15, 0.2) is 0 Å². The monoisotopic (exact) mass is 301 g/mol. The van der Waals surface area contributed by atoms with Gasteiger partial charge in [-0.05, 0) is 31.7 Å². The second kappa shape index (κ2) is 7.21. The summed E-state index contributed by atoms with van der Waals surface area (Å²) in [5.74, 6) is 2.35. The van der Waals surface area contributed by atoms with E-state index in [0.717, 1.165) is 49.8 Å². The van der Waals surface area contributed by atoms with E-state index in [1.165, 1.54) is 32.1 Å². The summed E-state index contributed by atoms with van der Waals surface area (Å²) in [4.78, 5) is 23.3. The van der Waals surface area contributed by atoms with Crippen molar-refractivity contribution in [3.8, 4) is 0 Å². The van der Waals surface area contributed by atoms with E-state index in [4.69, 9.17) is 0 Å². The average molecular weight is 301 g/mol. The van der Waals surface area contributed by atoms with Gasteiger partial charge in [-0.3, -0.25) is 4.79 Å². The van der Waals surface area contributed by atoms with Crippen LogP contribution < -0.4 is 0 Å². The molecular weight excluding hydrogens is 274 g/mol. The fourth-order valence-corrected chi connectivity index (χ4v) is 3.82. The van der Waals surface area contributed by atoms with Crippen molar-refractivity contribution in [3.63, 3.8) is 0 Å². The SMILES string of the molecule is Cc1ccnc([C@H]2CCN(C(=O)CCC3CCCCC3)C2)n1. The number of rotatable bonds is 4. The van der Waals surface area contributed by atoms with Gasteiger partial charge in [-0.25, -0.2) is 9.97 Å². The van der Waals surface area contributed by atoms with Crippen LogP contribution in [-0.2, 0) is 4.79 Å². The van der Waals surface area contributed by atoms with Gasteiger partial charge in [-0.2, -0.15) is 0 Å². The first-order chi connectivity index (χ1) is 10.7. The van der Waals surface area contributed by atoms with Crippen LogP contribution in [0.25, 0.3) is 0 Å². The molecule has 1 saturated carbocycles. The van der Waals surface area contributed by atoms with Crippen LogP contribution in [0.5, 0.6) is 0 Å². The molecule has 1 aromatic heterocycles. The molecule has 1 aliphatic carbocycles. The first-order valence-corrected chi connectivity index (χ1v) is 8.79. The predicted molar refractivity (Wildman–Crippen MR) is 86.5 cm³/mol. The number of carbonyl (C=O) groups excluding carboxylic acids is 1. The normalized spacial score (nSPS) is 23.0. The summed E-state index contributed by atoms with van der Waals surface area (Å²) in [6.07, 6.45) is 11.4. The standard InChI is InChI=1S/C18H27N3O/c1-14-9-11-19-18(20-14)16-10-12-21(13-16)17(22)8-7-15-5-3-2-4-6-15/h9,11,15-16H,2-8,10,12-13H2,1H3/t16-/m0/s1. The van der Waals surface area contributed by atoms with E-state index in [1.54, 1.807) is 0 Å². The van der Waals surface area contributed by atoms with Gasteiger partial charge in [0.25, 0.3) is 0 Å². The van der Waals surface area contributed by atoms with Crippen molar-refractivity contribution in [1.82, 2.24) is 14.9 Å². The fourth-order valence-electron chi connectivity index (χ4n) is 3.82. The molecule has 3 rings (SSSR count). The Morgan fingerprint density at radius 1 is 1.27 bits per heavy atom. The summed E-state index contributed by atoms with van der Waals surface area (Å²) < 4.78 is 0. The first kappa shape index (κ1) is 15.4. The second-order valence-electron chi connectivity index (χ2n) is 6.92. The number of nitrogens with zero attached hydrogens (tertiary/aromatic N) is 3. The first-order valence-electron chi connectivity index (χ1n) is 8.79. The van der Waals surface area contributed by atoms with Crippen molar-refractivity contribution in [3.05, 3.63) is 23.8 Å². The van der Waals surface area contributed by atoms with Gasteiger partial charge >= 0.3 is 0 Å². The molecule has 0 bridgehead atoms. The molecule has 2 aliphatic rings. The highest BCUT2D eigenvalue weighted by Gasteiger charge is 2.29. The third-order valence-electron chi connectivity index (χ3n) is 5.21. The van der Waals surface area contributed by atoms with E-state index >= 15 is 0 Å². The lowest BCUT2D eigenvalue weighted by atomic mass is 9.86. The van der Waals surface area contributed by atoms with Crippen LogP contribution >= 0.6 is 0 Å². The lowest BCUT2D eigenvalue weighted by molar-refractivity contribution is -0.130. The van der Waals surface area contributed by atoms with E-state index in [9.17, 15) is 4.79 Å². The van der Waals surface area contributed by atoms with E-state index in [0.29, 0.717) is 11.8 Å². The number of aromatic nitrogens is 2. The third-order valence-corrected chi connectivity index (χ3v) is 5.21. The summed E-state index contributed by atoms with van der Waals surface area (Å²) in [5.41, 5.74) is 1.01. The smallest absolute Gasteiger partial charge is 0.222 e. The molecule has 4 nitrogen and oxygen atoms in total. The molecule has 0 unspecified atom stereocenters. The summed E-state index contributed by atoms with van der Waals surface area (Å²) in [5, 5.41) is 0. The maximum absolute atomic E-state index is 12.4. The summed E-state index contributed by atoms with van der Waals surface area (Å²) >= 11 is 0. The van der Waals surface area contributed by atoms with Crippen molar-refractivity contribution < 1.29 is 4.79 Å². The molecule has 1 aliphatic heterocycles. The third kappa shape index (κ3) is 3.84. The Morgan fingerprint density at radius 3 is 2.86 bits per heavy atom. The molecule has 0 N–H and O–H groups in total. The lowest BCUT2D eigenvalue weighted by Gasteiger charge is -2.22. The van der Waals surface area contributed by atoms with Crippen LogP contribution in [0.1, 0.15) is 68.8 Å². The van der Waals surface area contributed by atoms with Gasteiger partial charge in [-0.15, -0.1) is 0 Å². The molecule has 0 aromatic carbocycles. The Kier molecular flexibility index (Phi) is 5.06. The van der Waals surface area contributed by atoms with Crippen molar-refractivity contribution in [2.75, 3.05) is 13.1 Å². The van der Waals surface area contributed by atoms with Gasteiger partial charge in [0, 0.05) is 37.3 Å². The van der Waals surface area contributed by atoms with Gasteiger partial charge < -0.3 is 4.90 Å². The van der Waals surface area contributed by atoms with E-state index < -0.39 is 0 Å². The average Bonchev–Trinajstić information content (AvgIpc) is 3.04. The minimum Gasteiger partial charge on any atom is -0.342 e. The van der Waals surface area contributed by atoms with Gasteiger partial charge in [-0.1, -0.05) is 32.1 Å². The zero-order chi connectivity index (χ0) is 15.4. The van der Waals surface area contributed by atoms with Crippen molar-refractivity contribution >= 4 is 5.91 Å². The molecule has 4 heteroatoms. The number of hydrogen-bond acceptors (Lipinski definition) is 3. The molecule has 0 spiro atoms. The molecule has 1 amide bonds. The molecule has 22 heavy (non-hydrogen) atoms. The van der Waals surface area contributed by atoms with Crippen LogP contribution in [0.4, 0.5) is 0 Å². The Hall–Kier alpha value is -1.45. The number of likely N-dealkylation sites (tertiary alicyclic amines) is 1. The van der Waals surface area contributed by atoms with Gasteiger partial charge in [0.1, 0.15) is 5.82 Å². The molecule has 1 atom stereocenters. The molecule has 2 heterocycles. The highest BCUT2D eigenvalue weighted by molar-refractivity contribution is 5.76. The summed E-state index contributed by atoms with van der Waals surface area (Å²) in [6, 6.07) is 1.92. The topological polar surface area (TPSA) is 46.1 Å². The lowest BCUT2D eigenvalue weighted by Crippen LogP contribution is -2.29. The minimum absolute atomic E-state index is 0.318. The number of amides is 1. The highest BCUT2D eigenvalue weighted by atomic mass is 16.2. The van der Waals surface area contributed by atoms with E-state index in [2.05, 4.69) is 9.97 Å². The summed E-state index contributed by atoms with van der Waals surface area (Å²) in [7, 11) is 0. The van der Waals surface area contributed by atoms with Gasteiger partial charge in [0.2, 0.25) is 5.91 Å². The Labute approximate surface area is 133 Å². The van der Waals surface area contributed by atoms with Gasteiger partial charge in [0.05, 0.1) is 0 Å². The second-order valence-corrected chi connectivity index (χ2v) is 6.92. The Balaban J connectivity index is 1.48. The number of hydrogen-bond donors (Lipinski definition) is 0. The largest absolute Gasteiger partial charge is 0.342 e. The van der Waals surface area contributed by atoms with E-state index in [-0.39, 0.29) is 0 Å². The maximum atomic E-state index is 12.4. The maximum Gasteiger partial charge on any atom is 0.222 e. The fraction of sp³-hybridized carbons (Fsp3) is 0.722. The van der Waals surface area contributed by atoms with Crippen LogP contribution in [0.15, 0.2) is 12.3 Å². The van der Waals surface area contributed by atoms with E-state index in [1.807, 2.05) is 24.1 Å². The van der Waals surface area contributed by atoms with Crippen LogP contribution in [0.2, 0.25) is 0 Å². The quantitative estimate of drug-likeness (QED) is 0.855. The zero-order valence-electron chi connectivity index (χ0n) is 13.6. The van der Waals surface area contributed by atoms with Crippen LogP contribution in [0.3, 0.4) is 0 Å². The zero-order valence-corrected chi connectivity index (χ0v) is 13.6. The molecule has 0 radical (unpaired) electrons. The number of aryl methyl sites for hydroxylation is 1. The Bertz CT molecular complexity index is 511. The van der Waals surface area contributed by atoms with Crippen LogP contribution in [0, 0.1) is 12.8 Å². The van der Waals surface area contributed by atoms with Crippen molar-refractivity contribution in [2.45, 2.75) is 64.2 Å². The van der Waals surface area contributed by atoms with Crippen molar-refractivity contribution in [2.24, 2.45) is 5.92 Å². The minimum atomic E-state index is 0.318. The van der Waals surface area contributed by atoms with Crippen molar-refractivity contribution in [1.29, 1.82) is 0 Å². The molecule has 1 saturated heterocycles. The number of carbonyl (C=O) groups is 1. The molecular formula is C18H27N3O. The molecule has 2 fully saturated rings. The summed E-state index contributed by atoms with van der Waals surface area (Å²) in [6.45, 7) is 3.66. The predicted octanol–water partition coefficient (Wildman–Crippen LogP) is 3.46. The Morgan fingerprint density at radius 2 is 2.09 bits per heavy atom.